The summed E-state index contributed by atoms with van der Waals surface area (Å²) >= 11 is 0. The summed E-state index contributed by atoms with van der Waals surface area (Å²) in [5.41, 5.74) is 1.25. The van der Waals surface area contributed by atoms with Crippen molar-refractivity contribution in [3.8, 4) is 5.75 Å². The summed E-state index contributed by atoms with van der Waals surface area (Å²) in [4.78, 5) is 0. The zero-order chi connectivity index (χ0) is 14.1. The highest BCUT2D eigenvalue weighted by Crippen LogP contribution is 2.13. The second-order valence-corrected chi connectivity index (χ2v) is 5.06. The lowest BCUT2D eigenvalue weighted by molar-refractivity contribution is 0.104. The Morgan fingerprint density at radius 1 is 1.32 bits per heavy atom. The first-order valence-corrected chi connectivity index (χ1v) is 7.28. The number of aryl methyl sites for hydroxylation is 1. The second-order valence-electron chi connectivity index (χ2n) is 5.06. The van der Waals surface area contributed by atoms with E-state index in [4.69, 9.17) is 4.74 Å². The zero-order valence-corrected chi connectivity index (χ0v) is 12.4. The van der Waals surface area contributed by atoms with E-state index in [2.05, 4.69) is 32.2 Å². The fourth-order valence-electron chi connectivity index (χ4n) is 1.98. The van der Waals surface area contributed by atoms with Crippen molar-refractivity contribution in [2.45, 2.75) is 52.2 Å². The van der Waals surface area contributed by atoms with Crippen LogP contribution in [0.1, 0.15) is 39.2 Å². The molecule has 0 radical (unpaired) electrons. The van der Waals surface area contributed by atoms with Crippen molar-refractivity contribution in [3.63, 3.8) is 0 Å². The molecular weight excluding hydrogens is 238 g/mol. The Hall–Kier alpha value is -1.06. The first kappa shape index (κ1) is 16.0. The van der Waals surface area contributed by atoms with Crippen LogP contribution in [0.25, 0.3) is 0 Å². The maximum Gasteiger partial charge on any atom is 0.119 e. The highest BCUT2D eigenvalue weighted by atomic mass is 16.5. The van der Waals surface area contributed by atoms with Crippen LogP contribution in [0.15, 0.2) is 24.3 Å². The fourth-order valence-corrected chi connectivity index (χ4v) is 1.98. The molecule has 1 aromatic carbocycles. The third-order valence-electron chi connectivity index (χ3n) is 3.17. The molecular formula is C16H27NO2. The van der Waals surface area contributed by atoms with Gasteiger partial charge >= 0.3 is 0 Å². The molecule has 0 heterocycles. The lowest BCUT2D eigenvalue weighted by Gasteiger charge is -2.17. The molecule has 108 valence electrons. The first-order chi connectivity index (χ1) is 9.15. The number of aliphatic hydroxyl groups is 1. The van der Waals surface area contributed by atoms with E-state index in [9.17, 15) is 5.11 Å². The van der Waals surface area contributed by atoms with Crippen LogP contribution in [-0.2, 0) is 6.42 Å². The number of hydrogen-bond acceptors (Lipinski definition) is 3. The van der Waals surface area contributed by atoms with Crippen molar-refractivity contribution in [2.75, 3.05) is 13.2 Å². The zero-order valence-electron chi connectivity index (χ0n) is 12.4. The Morgan fingerprint density at radius 2 is 2.11 bits per heavy atom. The minimum absolute atomic E-state index is 0.332. The van der Waals surface area contributed by atoms with Gasteiger partial charge in [0.2, 0.25) is 0 Å². The van der Waals surface area contributed by atoms with Crippen molar-refractivity contribution < 1.29 is 9.84 Å². The second kappa shape index (κ2) is 8.94. The summed E-state index contributed by atoms with van der Waals surface area (Å²) in [6, 6.07) is 8.47. The summed E-state index contributed by atoms with van der Waals surface area (Å²) in [5.74, 6) is 0.833. The van der Waals surface area contributed by atoms with Crippen molar-refractivity contribution >= 4 is 0 Å². The van der Waals surface area contributed by atoms with E-state index in [-0.39, 0.29) is 0 Å². The van der Waals surface area contributed by atoms with Crippen molar-refractivity contribution in [2.24, 2.45) is 0 Å². The third-order valence-corrected chi connectivity index (χ3v) is 3.17. The Kier molecular flexibility index (Phi) is 7.53. The van der Waals surface area contributed by atoms with Gasteiger partial charge in [-0.25, -0.2) is 0 Å². The summed E-state index contributed by atoms with van der Waals surface area (Å²) < 4.78 is 5.61. The Bertz CT molecular complexity index is 354. The maximum absolute atomic E-state index is 9.87. The minimum atomic E-state index is -0.468. The summed E-state index contributed by atoms with van der Waals surface area (Å²) in [7, 11) is 0. The van der Waals surface area contributed by atoms with Gasteiger partial charge in [-0.05, 0) is 37.5 Å². The molecule has 2 N–H and O–H groups in total. The van der Waals surface area contributed by atoms with Crippen molar-refractivity contribution in [3.05, 3.63) is 29.8 Å². The molecule has 0 spiro atoms. The van der Waals surface area contributed by atoms with Crippen LogP contribution < -0.4 is 10.1 Å². The molecule has 0 aliphatic heterocycles. The largest absolute Gasteiger partial charge is 0.491 e. The van der Waals surface area contributed by atoms with Crippen LogP contribution in [0, 0.1) is 0 Å². The molecule has 0 aliphatic rings. The fraction of sp³-hybridized carbons (Fsp3) is 0.625. The first-order valence-electron chi connectivity index (χ1n) is 7.28. The lowest BCUT2D eigenvalue weighted by Crippen LogP contribution is -2.36. The monoisotopic (exact) mass is 265 g/mol. The Morgan fingerprint density at radius 3 is 2.79 bits per heavy atom. The smallest absolute Gasteiger partial charge is 0.119 e. The third kappa shape index (κ3) is 6.60. The SMILES string of the molecule is CCCC(C)NCC(O)COc1cccc(CC)c1. The van der Waals surface area contributed by atoms with E-state index in [0.29, 0.717) is 19.2 Å². The predicted octanol–water partition coefficient (Wildman–Crippen LogP) is 2.77. The average Bonchev–Trinajstić information content (AvgIpc) is 2.43. The number of ether oxygens (including phenoxy) is 1. The van der Waals surface area contributed by atoms with Crippen LogP contribution in [-0.4, -0.2) is 30.4 Å². The molecule has 0 aliphatic carbocycles. The standard InChI is InChI=1S/C16H27NO2/c1-4-7-13(3)17-11-15(18)12-19-16-9-6-8-14(5-2)10-16/h6,8-10,13,15,17-18H,4-5,7,11-12H2,1-3H3. The maximum atomic E-state index is 9.87. The molecule has 1 rings (SSSR count). The van der Waals surface area contributed by atoms with E-state index in [0.717, 1.165) is 25.0 Å². The topological polar surface area (TPSA) is 41.5 Å². The van der Waals surface area contributed by atoms with Gasteiger partial charge in [0.1, 0.15) is 18.5 Å². The quantitative estimate of drug-likeness (QED) is 0.721. The molecule has 0 bridgehead atoms. The van der Waals surface area contributed by atoms with Crippen LogP contribution in [0.2, 0.25) is 0 Å². The molecule has 19 heavy (non-hydrogen) atoms. The van der Waals surface area contributed by atoms with Crippen LogP contribution in [0.3, 0.4) is 0 Å². The predicted molar refractivity (Wildman–Crippen MR) is 79.7 cm³/mol. The lowest BCUT2D eigenvalue weighted by atomic mass is 10.2. The molecule has 0 saturated carbocycles. The van der Waals surface area contributed by atoms with Crippen LogP contribution >= 0.6 is 0 Å². The van der Waals surface area contributed by atoms with Gasteiger partial charge in [-0.1, -0.05) is 32.4 Å². The number of hydrogen-bond donors (Lipinski definition) is 2. The molecule has 2 atom stereocenters. The van der Waals surface area contributed by atoms with Gasteiger partial charge in [-0.3, -0.25) is 0 Å². The normalized spacial score (nSPS) is 14.1. The number of nitrogens with one attached hydrogen (secondary N) is 1. The molecule has 1 aromatic rings. The van der Waals surface area contributed by atoms with Gasteiger partial charge < -0.3 is 15.2 Å². The Labute approximate surface area is 117 Å². The van der Waals surface area contributed by atoms with E-state index in [1.165, 1.54) is 5.56 Å². The van der Waals surface area contributed by atoms with Crippen molar-refractivity contribution in [1.29, 1.82) is 0 Å². The number of rotatable bonds is 9. The minimum Gasteiger partial charge on any atom is -0.491 e. The Balaban J connectivity index is 2.27. The molecule has 2 unspecified atom stereocenters. The average molecular weight is 265 g/mol. The van der Waals surface area contributed by atoms with Crippen molar-refractivity contribution in [1.82, 2.24) is 5.32 Å². The molecule has 3 nitrogen and oxygen atoms in total. The molecule has 3 heteroatoms. The highest BCUT2D eigenvalue weighted by Gasteiger charge is 2.07. The molecule has 0 fully saturated rings. The summed E-state index contributed by atoms with van der Waals surface area (Å²) in [5, 5.41) is 13.2. The number of aliphatic hydroxyl groups excluding tert-OH is 1. The molecule has 0 aromatic heterocycles. The van der Waals surface area contributed by atoms with Gasteiger partial charge in [-0.15, -0.1) is 0 Å². The summed E-state index contributed by atoms with van der Waals surface area (Å²) in [6.07, 6.45) is 2.82. The van der Waals surface area contributed by atoms with Gasteiger partial charge in [0, 0.05) is 12.6 Å². The van der Waals surface area contributed by atoms with Gasteiger partial charge in [0.25, 0.3) is 0 Å². The molecule has 0 saturated heterocycles. The summed E-state index contributed by atoms with van der Waals surface area (Å²) in [6.45, 7) is 7.33. The van der Waals surface area contributed by atoms with E-state index >= 15 is 0 Å². The van der Waals surface area contributed by atoms with Gasteiger partial charge in [0.15, 0.2) is 0 Å². The van der Waals surface area contributed by atoms with Gasteiger partial charge in [0.05, 0.1) is 0 Å². The van der Waals surface area contributed by atoms with E-state index < -0.39 is 6.10 Å². The highest BCUT2D eigenvalue weighted by molar-refractivity contribution is 5.28. The van der Waals surface area contributed by atoms with E-state index in [1.807, 2.05) is 18.2 Å². The van der Waals surface area contributed by atoms with Crippen LogP contribution in [0.4, 0.5) is 0 Å². The van der Waals surface area contributed by atoms with Gasteiger partial charge in [-0.2, -0.15) is 0 Å². The van der Waals surface area contributed by atoms with E-state index in [1.54, 1.807) is 0 Å². The number of benzene rings is 1. The van der Waals surface area contributed by atoms with Crippen LogP contribution in [0.5, 0.6) is 5.75 Å². The molecule has 0 amide bonds.